The third kappa shape index (κ3) is 3.86. The highest BCUT2D eigenvalue weighted by atomic mass is 32.2. The van der Waals surface area contributed by atoms with Gasteiger partial charge < -0.3 is 5.32 Å². The molecule has 1 amide bonds. The van der Waals surface area contributed by atoms with Crippen LogP contribution in [0, 0.1) is 23.2 Å². The summed E-state index contributed by atoms with van der Waals surface area (Å²) >= 11 is 0. The van der Waals surface area contributed by atoms with E-state index in [-0.39, 0.29) is 22.3 Å². The second-order valence-corrected chi connectivity index (χ2v) is 11.8. The first-order chi connectivity index (χ1) is 13.9. The zero-order valence-corrected chi connectivity index (χ0v) is 17.8. The summed E-state index contributed by atoms with van der Waals surface area (Å²) in [5, 5.41) is 3.10. The van der Waals surface area contributed by atoms with Gasteiger partial charge in [0.1, 0.15) is 0 Å². The Hall–Kier alpha value is -1.40. The van der Waals surface area contributed by atoms with Crippen LogP contribution in [0.15, 0.2) is 29.2 Å². The molecule has 0 heterocycles. The highest BCUT2D eigenvalue weighted by molar-refractivity contribution is 7.89. The minimum Gasteiger partial charge on any atom is -0.326 e. The molecule has 0 aliphatic heterocycles. The molecule has 6 rings (SSSR count). The minimum atomic E-state index is -3.50. The van der Waals surface area contributed by atoms with Crippen molar-refractivity contribution in [2.45, 2.75) is 81.6 Å². The van der Waals surface area contributed by atoms with E-state index < -0.39 is 10.0 Å². The van der Waals surface area contributed by atoms with Crippen LogP contribution in [0.25, 0.3) is 0 Å². The van der Waals surface area contributed by atoms with E-state index in [0.717, 1.165) is 62.7 Å². The Bertz CT molecular complexity index is 837. The van der Waals surface area contributed by atoms with Gasteiger partial charge in [-0.15, -0.1) is 0 Å². The number of rotatable bonds is 5. The predicted molar refractivity (Wildman–Crippen MR) is 113 cm³/mol. The third-order valence-electron chi connectivity index (χ3n) is 7.87. The first-order valence-corrected chi connectivity index (χ1v) is 12.8. The molecule has 0 atom stereocenters. The molecule has 5 aliphatic carbocycles. The van der Waals surface area contributed by atoms with Crippen LogP contribution in [0.3, 0.4) is 0 Å². The fraction of sp³-hybridized carbons (Fsp3) is 0.696. The average Bonchev–Trinajstić information content (AvgIpc) is 2.68. The summed E-state index contributed by atoms with van der Waals surface area (Å²) in [6, 6.07) is 6.73. The van der Waals surface area contributed by atoms with Crippen LogP contribution in [-0.4, -0.2) is 20.4 Å². The Morgan fingerprint density at radius 2 is 1.41 bits per heavy atom. The molecule has 5 aliphatic rings. The highest BCUT2D eigenvalue weighted by Crippen LogP contribution is 2.60. The standard InChI is InChI=1S/C23H32N2O3S/c26-22(23-13-16-10-17(14-23)12-18(11-16)15-23)24-19-6-8-21(9-7-19)29(27,28)25-20-4-2-1-3-5-20/h6-9,16-18,20,25H,1-5,10-15H2,(H,24,26). The molecule has 5 saturated carbocycles. The maximum Gasteiger partial charge on any atom is 0.240 e. The van der Waals surface area contributed by atoms with Crippen LogP contribution in [-0.2, 0) is 14.8 Å². The number of carbonyl (C=O) groups is 1. The predicted octanol–water partition coefficient (Wildman–Crippen LogP) is 4.45. The topological polar surface area (TPSA) is 75.3 Å². The van der Waals surface area contributed by atoms with Crippen LogP contribution < -0.4 is 10.0 Å². The molecule has 158 valence electrons. The zero-order valence-electron chi connectivity index (χ0n) is 17.0. The van der Waals surface area contributed by atoms with Gasteiger partial charge in [0.25, 0.3) is 0 Å². The Balaban J connectivity index is 1.25. The zero-order chi connectivity index (χ0) is 20.1. The smallest absolute Gasteiger partial charge is 0.240 e. The molecule has 5 fully saturated rings. The van der Waals surface area contributed by atoms with Crippen LogP contribution in [0.2, 0.25) is 0 Å². The number of benzene rings is 1. The molecule has 0 saturated heterocycles. The van der Waals surface area contributed by atoms with E-state index in [9.17, 15) is 13.2 Å². The molecular weight excluding hydrogens is 384 g/mol. The molecule has 2 N–H and O–H groups in total. The van der Waals surface area contributed by atoms with Crippen molar-refractivity contribution in [2.24, 2.45) is 23.2 Å². The summed E-state index contributed by atoms with van der Waals surface area (Å²) in [5.74, 6) is 2.33. The third-order valence-corrected chi connectivity index (χ3v) is 9.41. The SMILES string of the molecule is O=C(Nc1ccc(S(=O)(=O)NC2CCCCC2)cc1)C12CC3CC(CC(C3)C1)C2. The van der Waals surface area contributed by atoms with E-state index in [2.05, 4.69) is 10.0 Å². The van der Waals surface area contributed by atoms with Crippen molar-refractivity contribution in [1.82, 2.24) is 4.72 Å². The van der Waals surface area contributed by atoms with Gasteiger partial charge in [0.2, 0.25) is 15.9 Å². The van der Waals surface area contributed by atoms with Gasteiger partial charge in [0.15, 0.2) is 0 Å². The van der Waals surface area contributed by atoms with Gasteiger partial charge in [-0.2, -0.15) is 0 Å². The number of amides is 1. The number of carbonyl (C=O) groups excluding carboxylic acids is 1. The monoisotopic (exact) mass is 416 g/mol. The lowest BCUT2D eigenvalue weighted by Crippen LogP contribution is -2.51. The Morgan fingerprint density at radius 1 is 0.862 bits per heavy atom. The molecule has 4 bridgehead atoms. The quantitative estimate of drug-likeness (QED) is 0.744. The molecule has 0 unspecified atom stereocenters. The van der Waals surface area contributed by atoms with E-state index in [1.54, 1.807) is 24.3 Å². The second kappa shape index (κ2) is 7.38. The summed E-state index contributed by atoms with van der Waals surface area (Å²) < 4.78 is 28.2. The lowest BCUT2D eigenvalue weighted by Gasteiger charge is -2.55. The second-order valence-electron chi connectivity index (χ2n) is 10.1. The number of nitrogens with one attached hydrogen (secondary N) is 2. The Labute approximate surface area is 174 Å². The Kier molecular flexibility index (Phi) is 4.98. The lowest BCUT2D eigenvalue weighted by atomic mass is 9.49. The number of hydrogen-bond donors (Lipinski definition) is 2. The van der Waals surface area contributed by atoms with Gasteiger partial charge in [-0.25, -0.2) is 13.1 Å². The summed E-state index contributed by atoms with van der Waals surface area (Å²) in [6.07, 6.45) is 12.2. The molecule has 1 aromatic carbocycles. The van der Waals surface area contributed by atoms with E-state index in [0.29, 0.717) is 5.69 Å². The van der Waals surface area contributed by atoms with Crippen molar-refractivity contribution in [3.05, 3.63) is 24.3 Å². The molecule has 0 radical (unpaired) electrons. The van der Waals surface area contributed by atoms with Crippen LogP contribution in [0.4, 0.5) is 5.69 Å². The van der Waals surface area contributed by atoms with E-state index in [1.165, 1.54) is 25.7 Å². The fourth-order valence-corrected chi connectivity index (χ4v) is 8.18. The van der Waals surface area contributed by atoms with Crippen molar-refractivity contribution in [3.8, 4) is 0 Å². The van der Waals surface area contributed by atoms with Gasteiger partial charge in [-0.05, 0) is 93.4 Å². The first-order valence-electron chi connectivity index (χ1n) is 11.4. The highest BCUT2D eigenvalue weighted by Gasteiger charge is 2.54. The van der Waals surface area contributed by atoms with E-state index in [1.807, 2.05) is 0 Å². The molecular formula is C23H32N2O3S. The number of sulfonamides is 1. The van der Waals surface area contributed by atoms with Crippen molar-refractivity contribution in [2.75, 3.05) is 5.32 Å². The summed E-state index contributed by atoms with van der Waals surface area (Å²) in [5.41, 5.74) is 0.504. The maximum atomic E-state index is 13.2. The van der Waals surface area contributed by atoms with Crippen molar-refractivity contribution in [3.63, 3.8) is 0 Å². The normalized spacial score (nSPS) is 34.3. The van der Waals surface area contributed by atoms with Crippen LogP contribution in [0.1, 0.15) is 70.6 Å². The van der Waals surface area contributed by atoms with Gasteiger partial charge in [0, 0.05) is 11.7 Å². The molecule has 5 nitrogen and oxygen atoms in total. The molecule has 29 heavy (non-hydrogen) atoms. The first kappa shape index (κ1) is 19.6. The lowest BCUT2D eigenvalue weighted by molar-refractivity contribution is -0.140. The van der Waals surface area contributed by atoms with Gasteiger partial charge in [-0.1, -0.05) is 19.3 Å². The number of hydrogen-bond acceptors (Lipinski definition) is 3. The van der Waals surface area contributed by atoms with Crippen molar-refractivity contribution in [1.29, 1.82) is 0 Å². The summed E-state index contributed by atoms with van der Waals surface area (Å²) in [6.45, 7) is 0. The minimum absolute atomic E-state index is 0.0456. The fourth-order valence-electron chi connectivity index (χ4n) is 6.88. The Morgan fingerprint density at radius 3 is 1.97 bits per heavy atom. The van der Waals surface area contributed by atoms with Gasteiger partial charge >= 0.3 is 0 Å². The van der Waals surface area contributed by atoms with Gasteiger partial charge in [-0.3, -0.25) is 4.79 Å². The summed E-state index contributed by atoms with van der Waals surface area (Å²) in [4.78, 5) is 13.4. The number of anilines is 1. The molecule has 0 spiro atoms. The van der Waals surface area contributed by atoms with Crippen molar-refractivity contribution >= 4 is 21.6 Å². The van der Waals surface area contributed by atoms with E-state index >= 15 is 0 Å². The largest absolute Gasteiger partial charge is 0.326 e. The van der Waals surface area contributed by atoms with Gasteiger partial charge in [0.05, 0.1) is 10.3 Å². The molecule has 0 aromatic heterocycles. The summed E-state index contributed by atoms with van der Waals surface area (Å²) in [7, 11) is -3.50. The maximum absolute atomic E-state index is 13.2. The van der Waals surface area contributed by atoms with Crippen molar-refractivity contribution < 1.29 is 13.2 Å². The molecule has 1 aromatic rings. The molecule has 6 heteroatoms. The van der Waals surface area contributed by atoms with Crippen LogP contribution in [0.5, 0.6) is 0 Å². The van der Waals surface area contributed by atoms with Crippen LogP contribution >= 0.6 is 0 Å². The van der Waals surface area contributed by atoms with E-state index in [4.69, 9.17) is 0 Å². The average molecular weight is 417 g/mol.